The molecule has 0 aliphatic carbocycles. The average Bonchev–Trinajstić information content (AvgIpc) is 2.78. The van der Waals surface area contributed by atoms with Crippen LogP contribution in [0.4, 0.5) is 0 Å². The Balaban J connectivity index is 2.32. The highest BCUT2D eigenvalue weighted by molar-refractivity contribution is 5.72. The molecule has 15 heavy (non-hydrogen) atoms. The van der Waals surface area contributed by atoms with Crippen LogP contribution in [-0.4, -0.2) is 6.29 Å². The van der Waals surface area contributed by atoms with Gasteiger partial charge < -0.3 is 4.42 Å². The first-order valence-corrected chi connectivity index (χ1v) is 4.98. The van der Waals surface area contributed by atoms with Gasteiger partial charge in [-0.3, -0.25) is 4.79 Å². The van der Waals surface area contributed by atoms with Gasteiger partial charge in [-0.15, -0.1) is 0 Å². The maximum Gasteiger partial charge on any atom is 0.185 e. The second-order valence-electron chi connectivity index (χ2n) is 3.37. The van der Waals surface area contributed by atoms with Crippen molar-refractivity contribution in [2.45, 2.75) is 13.3 Å². The van der Waals surface area contributed by atoms with Crippen molar-refractivity contribution in [3.63, 3.8) is 0 Å². The summed E-state index contributed by atoms with van der Waals surface area (Å²) in [7, 11) is 0. The van der Waals surface area contributed by atoms with Gasteiger partial charge in [0.25, 0.3) is 0 Å². The lowest BCUT2D eigenvalue weighted by molar-refractivity contribution is 0.110. The van der Waals surface area contributed by atoms with E-state index >= 15 is 0 Å². The van der Waals surface area contributed by atoms with E-state index in [2.05, 4.69) is 19.1 Å². The zero-order valence-corrected chi connectivity index (χ0v) is 8.57. The number of carbonyl (C=O) groups excluding carboxylic acids is 1. The number of aldehydes is 1. The van der Waals surface area contributed by atoms with E-state index in [0.29, 0.717) is 12.0 Å². The smallest absolute Gasteiger partial charge is 0.185 e. The molecule has 0 bridgehead atoms. The summed E-state index contributed by atoms with van der Waals surface area (Å²) in [5.41, 5.74) is 2.29. The van der Waals surface area contributed by atoms with Crippen molar-refractivity contribution in [1.82, 2.24) is 0 Å². The number of carbonyl (C=O) groups is 1. The Morgan fingerprint density at radius 3 is 2.40 bits per heavy atom. The standard InChI is InChI=1S/C13H12O2/c1-2-10-3-5-11(6-4-10)13-8-7-12(9-14)15-13/h3-9H,2H2,1H3. The highest BCUT2D eigenvalue weighted by Crippen LogP contribution is 2.21. The molecule has 0 fully saturated rings. The lowest BCUT2D eigenvalue weighted by atomic mass is 10.1. The Kier molecular flexibility index (Phi) is 2.68. The Hall–Kier alpha value is -1.83. The van der Waals surface area contributed by atoms with Crippen LogP contribution < -0.4 is 0 Å². The van der Waals surface area contributed by atoms with Gasteiger partial charge in [0.2, 0.25) is 0 Å². The molecule has 0 spiro atoms. The molecule has 1 heterocycles. The van der Waals surface area contributed by atoms with Crippen LogP contribution in [0.2, 0.25) is 0 Å². The van der Waals surface area contributed by atoms with Crippen molar-refractivity contribution in [3.8, 4) is 11.3 Å². The fourth-order valence-corrected chi connectivity index (χ4v) is 1.48. The lowest BCUT2D eigenvalue weighted by Crippen LogP contribution is -1.79. The molecule has 2 nitrogen and oxygen atoms in total. The summed E-state index contributed by atoms with van der Waals surface area (Å²) < 4.78 is 5.32. The van der Waals surface area contributed by atoms with E-state index in [4.69, 9.17) is 4.42 Å². The van der Waals surface area contributed by atoms with E-state index in [1.54, 1.807) is 6.07 Å². The normalized spacial score (nSPS) is 10.2. The summed E-state index contributed by atoms with van der Waals surface area (Å²) >= 11 is 0. The van der Waals surface area contributed by atoms with E-state index in [0.717, 1.165) is 17.7 Å². The molecule has 1 aromatic heterocycles. The molecule has 0 amide bonds. The van der Waals surface area contributed by atoms with Gasteiger partial charge in [-0.25, -0.2) is 0 Å². The van der Waals surface area contributed by atoms with Crippen molar-refractivity contribution in [2.75, 3.05) is 0 Å². The maximum absolute atomic E-state index is 10.5. The first kappa shape index (κ1) is 9.71. The monoisotopic (exact) mass is 200 g/mol. The molecule has 0 aliphatic rings. The zero-order chi connectivity index (χ0) is 10.7. The Morgan fingerprint density at radius 2 is 1.87 bits per heavy atom. The van der Waals surface area contributed by atoms with Gasteiger partial charge in [0.15, 0.2) is 12.0 Å². The van der Waals surface area contributed by atoms with Gasteiger partial charge in [0.05, 0.1) is 0 Å². The molecule has 0 unspecified atom stereocenters. The molecular formula is C13H12O2. The summed E-state index contributed by atoms with van der Waals surface area (Å²) in [5.74, 6) is 1.10. The van der Waals surface area contributed by atoms with Gasteiger partial charge in [-0.2, -0.15) is 0 Å². The van der Waals surface area contributed by atoms with E-state index in [1.807, 2.05) is 18.2 Å². The highest BCUT2D eigenvalue weighted by Gasteiger charge is 2.03. The molecular weight excluding hydrogens is 188 g/mol. The lowest BCUT2D eigenvalue weighted by Gasteiger charge is -1.98. The summed E-state index contributed by atoms with van der Waals surface area (Å²) in [4.78, 5) is 10.5. The van der Waals surface area contributed by atoms with Crippen LogP contribution in [0.15, 0.2) is 40.8 Å². The van der Waals surface area contributed by atoms with Crippen LogP contribution in [0.5, 0.6) is 0 Å². The maximum atomic E-state index is 10.5. The minimum absolute atomic E-state index is 0.365. The van der Waals surface area contributed by atoms with Crippen molar-refractivity contribution >= 4 is 6.29 Å². The van der Waals surface area contributed by atoms with Crippen LogP contribution in [0.25, 0.3) is 11.3 Å². The number of hydrogen-bond donors (Lipinski definition) is 0. The van der Waals surface area contributed by atoms with Crippen molar-refractivity contribution in [2.24, 2.45) is 0 Å². The largest absolute Gasteiger partial charge is 0.453 e. The molecule has 1 aromatic carbocycles. The molecule has 0 atom stereocenters. The molecule has 0 saturated carbocycles. The number of rotatable bonds is 3. The molecule has 2 heteroatoms. The third-order valence-electron chi connectivity index (χ3n) is 2.39. The average molecular weight is 200 g/mol. The molecule has 0 N–H and O–H groups in total. The first-order valence-electron chi connectivity index (χ1n) is 4.98. The fourth-order valence-electron chi connectivity index (χ4n) is 1.48. The van der Waals surface area contributed by atoms with Crippen molar-refractivity contribution in [1.29, 1.82) is 0 Å². The van der Waals surface area contributed by atoms with Crippen molar-refractivity contribution < 1.29 is 9.21 Å². The fraction of sp³-hybridized carbons (Fsp3) is 0.154. The first-order chi connectivity index (χ1) is 7.33. The minimum atomic E-state index is 0.365. The predicted octanol–water partition coefficient (Wildman–Crippen LogP) is 3.32. The summed E-state index contributed by atoms with van der Waals surface area (Å²) in [6.45, 7) is 2.12. The third kappa shape index (κ3) is 1.99. The van der Waals surface area contributed by atoms with Crippen molar-refractivity contribution in [3.05, 3.63) is 47.7 Å². The van der Waals surface area contributed by atoms with Gasteiger partial charge in [0.1, 0.15) is 5.76 Å². The molecule has 76 valence electrons. The molecule has 0 saturated heterocycles. The number of aryl methyl sites for hydroxylation is 1. The summed E-state index contributed by atoms with van der Waals surface area (Å²) in [6, 6.07) is 11.6. The molecule has 2 rings (SSSR count). The van der Waals surface area contributed by atoms with E-state index in [-0.39, 0.29) is 0 Å². The van der Waals surface area contributed by atoms with Gasteiger partial charge >= 0.3 is 0 Å². The summed E-state index contributed by atoms with van der Waals surface area (Å²) in [5, 5.41) is 0. The van der Waals surface area contributed by atoms with Crippen LogP contribution >= 0.6 is 0 Å². The van der Waals surface area contributed by atoms with Crippen LogP contribution in [0.3, 0.4) is 0 Å². The Morgan fingerprint density at radius 1 is 1.13 bits per heavy atom. The Bertz CT molecular complexity index is 452. The number of benzene rings is 1. The number of hydrogen-bond acceptors (Lipinski definition) is 2. The van der Waals surface area contributed by atoms with Gasteiger partial charge in [0, 0.05) is 5.56 Å². The van der Waals surface area contributed by atoms with Gasteiger partial charge in [-0.1, -0.05) is 31.2 Å². The third-order valence-corrected chi connectivity index (χ3v) is 2.39. The quantitative estimate of drug-likeness (QED) is 0.711. The zero-order valence-electron chi connectivity index (χ0n) is 8.57. The molecule has 0 radical (unpaired) electrons. The second kappa shape index (κ2) is 4.13. The predicted molar refractivity (Wildman–Crippen MR) is 58.9 cm³/mol. The number of furan rings is 1. The van der Waals surface area contributed by atoms with Gasteiger partial charge in [-0.05, 0) is 24.1 Å². The highest BCUT2D eigenvalue weighted by atomic mass is 16.3. The topological polar surface area (TPSA) is 30.2 Å². The SMILES string of the molecule is CCc1ccc(-c2ccc(C=O)o2)cc1. The van der Waals surface area contributed by atoms with E-state index in [9.17, 15) is 4.79 Å². The minimum Gasteiger partial charge on any atom is -0.453 e. The van der Waals surface area contributed by atoms with E-state index in [1.165, 1.54) is 5.56 Å². The molecule has 0 aliphatic heterocycles. The summed E-state index contributed by atoms with van der Waals surface area (Å²) in [6.07, 6.45) is 1.74. The Labute approximate surface area is 88.5 Å². The van der Waals surface area contributed by atoms with Crippen LogP contribution in [0, 0.1) is 0 Å². The second-order valence-corrected chi connectivity index (χ2v) is 3.37. The van der Waals surface area contributed by atoms with Crippen LogP contribution in [0.1, 0.15) is 23.0 Å². The van der Waals surface area contributed by atoms with E-state index < -0.39 is 0 Å². The van der Waals surface area contributed by atoms with Crippen LogP contribution in [-0.2, 0) is 6.42 Å². The molecule has 2 aromatic rings.